The van der Waals surface area contributed by atoms with E-state index in [0.717, 1.165) is 28.2 Å². The van der Waals surface area contributed by atoms with E-state index in [1.807, 2.05) is 83.8 Å². The molecule has 31 heavy (non-hydrogen) atoms. The fourth-order valence-corrected chi connectivity index (χ4v) is 4.26. The zero-order valence-electron chi connectivity index (χ0n) is 17.6. The van der Waals surface area contributed by atoms with E-state index >= 15 is 0 Å². The Balaban J connectivity index is 1.55. The molecule has 2 heterocycles. The number of benzene rings is 2. The quantitative estimate of drug-likeness (QED) is 0.441. The first-order valence-corrected chi connectivity index (χ1v) is 11.0. The van der Waals surface area contributed by atoms with E-state index in [2.05, 4.69) is 0 Å². The molecule has 0 radical (unpaired) electrons. The summed E-state index contributed by atoms with van der Waals surface area (Å²) in [5, 5.41) is 6.63. The summed E-state index contributed by atoms with van der Waals surface area (Å²) >= 11 is 1.17. The number of amides is 1. The summed E-state index contributed by atoms with van der Waals surface area (Å²) in [5.41, 5.74) is 4.69. The topological polar surface area (TPSA) is 60.1 Å². The lowest BCUT2D eigenvalue weighted by atomic mass is 10.1. The number of aryl methyl sites for hydroxylation is 1. The minimum atomic E-state index is -0.0246. The van der Waals surface area contributed by atoms with Crippen molar-refractivity contribution in [3.63, 3.8) is 0 Å². The maximum Gasteiger partial charge on any atom is 0.307 e. The van der Waals surface area contributed by atoms with Gasteiger partial charge in [0.2, 0.25) is 5.91 Å². The highest BCUT2D eigenvalue weighted by atomic mass is 32.1. The Labute approximate surface area is 185 Å². The average Bonchev–Trinajstić information content (AvgIpc) is 3.36. The van der Waals surface area contributed by atoms with Crippen LogP contribution in [0.5, 0.6) is 0 Å². The largest absolute Gasteiger partial charge is 0.341 e. The number of aromatic nitrogens is 3. The lowest BCUT2D eigenvalue weighted by Gasteiger charge is -2.17. The van der Waals surface area contributed by atoms with Crippen molar-refractivity contribution >= 4 is 17.2 Å². The van der Waals surface area contributed by atoms with Gasteiger partial charge in [0.1, 0.15) is 0 Å². The lowest BCUT2D eigenvalue weighted by Crippen LogP contribution is -2.28. The van der Waals surface area contributed by atoms with Crippen LogP contribution in [-0.2, 0) is 17.9 Å². The first kappa shape index (κ1) is 20.8. The van der Waals surface area contributed by atoms with Crippen LogP contribution in [0.15, 0.2) is 77.0 Å². The van der Waals surface area contributed by atoms with E-state index in [9.17, 15) is 9.59 Å². The molecule has 0 N–H and O–H groups in total. The molecule has 0 spiro atoms. The number of para-hydroxylation sites is 1. The van der Waals surface area contributed by atoms with Gasteiger partial charge in [0.05, 0.1) is 11.4 Å². The van der Waals surface area contributed by atoms with Crippen molar-refractivity contribution in [2.45, 2.75) is 26.4 Å². The predicted molar refractivity (Wildman–Crippen MR) is 123 cm³/mol. The van der Waals surface area contributed by atoms with Gasteiger partial charge in [-0.05, 0) is 19.1 Å². The summed E-state index contributed by atoms with van der Waals surface area (Å²) in [7, 11) is 1.79. The molecule has 7 heteroatoms. The first-order valence-electron chi connectivity index (χ1n) is 10.1. The van der Waals surface area contributed by atoms with E-state index in [0.29, 0.717) is 13.1 Å². The second-order valence-corrected chi connectivity index (χ2v) is 8.26. The zero-order valence-corrected chi connectivity index (χ0v) is 18.4. The van der Waals surface area contributed by atoms with Crippen molar-refractivity contribution in [2.75, 3.05) is 7.05 Å². The van der Waals surface area contributed by atoms with Gasteiger partial charge in [0, 0.05) is 55.0 Å². The van der Waals surface area contributed by atoms with Gasteiger partial charge in [-0.2, -0.15) is 5.10 Å². The molecule has 6 nitrogen and oxygen atoms in total. The van der Waals surface area contributed by atoms with Gasteiger partial charge in [0.25, 0.3) is 0 Å². The molecular formula is C24H24N4O2S. The highest BCUT2D eigenvalue weighted by molar-refractivity contribution is 7.07. The maximum absolute atomic E-state index is 12.8. The Hall–Kier alpha value is -3.45. The molecule has 0 bridgehead atoms. The van der Waals surface area contributed by atoms with Gasteiger partial charge in [-0.3, -0.25) is 9.59 Å². The molecule has 0 atom stereocenters. The molecule has 0 aliphatic heterocycles. The molecule has 0 saturated heterocycles. The Morgan fingerprint density at radius 3 is 2.39 bits per heavy atom. The van der Waals surface area contributed by atoms with Gasteiger partial charge < -0.3 is 9.47 Å². The molecule has 1 amide bonds. The van der Waals surface area contributed by atoms with E-state index in [-0.39, 0.29) is 17.2 Å². The predicted octanol–water partition coefficient (Wildman–Crippen LogP) is 4.12. The minimum absolute atomic E-state index is 0.0102. The van der Waals surface area contributed by atoms with Crippen LogP contribution in [0, 0.1) is 6.92 Å². The van der Waals surface area contributed by atoms with Gasteiger partial charge in [0.15, 0.2) is 0 Å². The molecule has 0 saturated carbocycles. The monoisotopic (exact) mass is 432 g/mol. The molecular weight excluding hydrogens is 408 g/mol. The van der Waals surface area contributed by atoms with Crippen molar-refractivity contribution in [3.05, 3.63) is 93.2 Å². The number of rotatable bonds is 7. The van der Waals surface area contributed by atoms with Crippen LogP contribution in [0.1, 0.15) is 17.7 Å². The average molecular weight is 433 g/mol. The van der Waals surface area contributed by atoms with E-state index in [4.69, 9.17) is 5.10 Å². The fraction of sp³-hybridized carbons (Fsp3) is 0.208. The zero-order chi connectivity index (χ0) is 21.8. The normalized spacial score (nSPS) is 10.9. The number of nitrogens with zero attached hydrogens (tertiary/aromatic N) is 4. The molecule has 0 unspecified atom stereocenters. The number of hydrogen-bond donors (Lipinski definition) is 0. The summed E-state index contributed by atoms with van der Waals surface area (Å²) in [6.45, 7) is 2.72. The van der Waals surface area contributed by atoms with E-state index in [1.54, 1.807) is 16.5 Å². The van der Waals surface area contributed by atoms with Gasteiger partial charge in [-0.15, -0.1) is 0 Å². The van der Waals surface area contributed by atoms with Gasteiger partial charge in [-0.25, -0.2) is 4.68 Å². The molecule has 158 valence electrons. The van der Waals surface area contributed by atoms with Gasteiger partial charge in [-0.1, -0.05) is 59.9 Å². The smallest absolute Gasteiger partial charge is 0.307 e. The molecule has 2 aromatic carbocycles. The molecule has 4 aromatic rings. The summed E-state index contributed by atoms with van der Waals surface area (Å²) in [6.07, 6.45) is 2.26. The molecule has 0 aliphatic carbocycles. The Morgan fingerprint density at radius 1 is 1.06 bits per heavy atom. The van der Waals surface area contributed by atoms with Crippen LogP contribution in [0.2, 0.25) is 0 Å². The summed E-state index contributed by atoms with van der Waals surface area (Å²) in [6, 6.07) is 19.9. The summed E-state index contributed by atoms with van der Waals surface area (Å²) < 4.78 is 3.50. The van der Waals surface area contributed by atoms with Gasteiger partial charge >= 0.3 is 4.87 Å². The van der Waals surface area contributed by atoms with Crippen molar-refractivity contribution in [1.29, 1.82) is 0 Å². The molecule has 0 fully saturated rings. The number of carbonyl (C=O) groups is 1. The molecule has 2 aromatic heterocycles. The second-order valence-electron chi connectivity index (χ2n) is 7.44. The fourth-order valence-electron chi connectivity index (χ4n) is 3.49. The summed E-state index contributed by atoms with van der Waals surface area (Å²) in [5.74, 6) is -0.0102. The highest BCUT2D eigenvalue weighted by Crippen LogP contribution is 2.24. The van der Waals surface area contributed by atoms with Crippen LogP contribution in [0.25, 0.3) is 16.9 Å². The van der Waals surface area contributed by atoms with Crippen LogP contribution in [0.3, 0.4) is 0 Å². The molecule has 0 aliphatic rings. The van der Waals surface area contributed by atoms with Crippen LogP contribution in [0.4, 0.5) is 0 Å². The van der Waals surface area contributed by atoms with Crippen molar-refractivity contribution in [3.8, 4) is 16.9 Å². The third kappa shape index (κ3) is 4.67. The highest BCUT2D eigenvalue weighted by Gasteiger charge is 2.17. The maximum atomic E-state index is 12.8. The third-order valence-corrected chi connectivity index (χ3v) is 6.10. The second kappa shape index (κ2) is 9.14. The van der Waals surface area contributed by atoms with Crippen molar-refractivity contribution < 1.29 is 4.79 Å². The SMILES string of the molecule is Cc1csc(=O)n1CCC(=O)N(C)Cc1cn(-c2ccccc2)nc1-c1ccccc1. The Kier molecular flexibility index (Phi) is 6.13. The van der Waals surface area contributed by atoms with Crippen molar-refractivity contribution in [2.24, 2.45) is 0 Å². The first-order chi connectivity index (χ1) is 15.0. The Bertz CT molecular complexity index is 1230. The summed E-state index contributed by atoms with van der Waals surface area (Å²) in [4.78, 5) is 26.3. The minimum Gasteiger partial charge on any atom is -0.341 e. The molecule has 4 rings (SSSR count). The van der Waals surface area contributed by atoms with Crippen LogP contribution in [-0.4, -0.2) is 32.2 Å². The third-order valence-electron chi connectivity index (χ3n) is 5.22. The lowest BCUT2D eigenvalue weighted by molar-refractivity contribution is -0.130. The van der Waals surface area contributed by atoms with Crippen LogP contribution >= 0.6 is 11.3 Å². The Morgan fingerprint density at radius 2 is 1.74 bits per heavy atom. The number of thiazole rings is 1. The standard InChI is InChI=1S/C24H24N4O2S/c1-18-17-31-24(30)27(18)14-13-22(29)26(2)15-20-16-28(21-11-7-4-8-12-21)25-23(20)19-9-5-3-6-10-19/h3-12,16-17H,13-15H2,1-2H3. The number of hydrogen-bond acceptors (Lipinski definition) is 4. The van der Waals surface area contributed by atoms with E-state index in [1.165, 1.54) is 11.3 Å². The van der Waals surface area contributed by atoms with E-state index < -0.39 is 0 Å². The van der Waals surface area contributed by atoms with Crippen molar-refractivity contribution in [1.82, 2.24) is 19.2 Å². The number of carbonyl (C=O) groups excluding carboxylic acids is 1. The van der Waals surface area contributed by atoms with Crippen LogP contribution < -0.4 is 4.87 Å².